The van der Waals surface area contributed by atoms with Gasteiger partial charge in [0.1, 0.15) is 0 Å². The van der Waals surface area contributed by atoms with Gasteiger partial charge in [-0.15, -0.1) is 0 Å². The van der Waals surface area contributed by atoms with Gasteiger partial charge in [-0.25, -0.2) is 9.97 Å². The molecule has 0 radical (unpaired) electrons. The van der Waals surface area contributed by atoms with E-state index in [0.29, 0.717) is 35.2 Å². The zero-order valence-electron chi connectivity index (χ0n) is 49.3. The number of halogens is 1. The molecule has 12 aromatic carbocycles. The fraction of sp³-hybridized carbons (Fsp3) is 0.0750. The Balaban J connectivity index is 0.000000138. The summed E-state index contributed by atoms with van der Waals surface area (Å²) in [6.45, 7) is 9.41. The van der Waals surface area contributed by atoms with Crippen molar-refractivity contribution in [3.8, 4) is 79.7 Å². The third-order valence-electron chi connectivity index (χ3n) is 18.5. The first-order valence-corrected chi connectivity index (χ1v) is 31.0. The number of rotatable bonds is 6. The monoisotopic (exact) mass is 1210 g/mol. The summed E-state index contributed by atoms with van der Waals surface area (Å²) in [6, 6.07) is 91.8. The van der Waals surface area contributed by atoms with E-state index in [2.05, 4.69) is 217 Å². The summed E-state index contributed by atoms with van der Waals surface area (Å²) < 4.78 is 5.48. The molecular weight excluding hydrogens is 1150 g/mol. The Morgan fingerprint density at radius 2 is 0.629 bits per heavy atom. The van der Waals surface area contributed by atoms with Crippen LogP contribution in [0.4, 0.5) is 0 Å². The first-order valence-electron chi connectivity index (χ1n) is 30.2. The summed E-state index contributed by atoms with van der Waals surface area (Å²) in [5.41, 5.74) is 18.4. The van der Waals surface area contributed by atoms with Crippen molar-refractivity contribution in [3.63, 3.8) is 0 Å². The highest BCUT2D eigenvalue weighted by molar-refractivity contribution is 9.10. The number of para-hydroxylation sites is 1. The second-order valence-corrected chi connectivity index (χ2v) is 25.3. The van der Waals surface area contributed by atoms with Crippen LogP contribution in [-0.4, -0.2) is 39.0 Å². The molecule has 0 saturated carbocycles. The van der Waals surface area contributed by atoms with Crippen LogP contribution >= 0.6 is 15.9 Å². The molecule has 4 aromatic heterocycles. The highest BCUT2D eigenvalue weighted by atomic mass is 79.9. The quantitative estimate of drug-likeness (QED) is 0.165. The molecule has 8 nitrogen and oxygen atoms in total. The number of nitrogens with zero attached hydrogens (tertiary/aromatic N) is 8. The van der Waals surface area contributed by atoms with Gasteiger partial charge in [0, 0.05) is 59.1 Å². The van der Waals surface area contributed by atoms with Crippen molar-refractivity contribution in [1.29, 1.82) is 0 Å². The molecular formula is C80H55BrN8. The van der Waals surface area contributed by atoms with Crippen LogP contribution in [0.3, 0.4) is 0 Å². The fourth-order valence-electron chi connectivity index (χ4n) is 14.4. The Morgan fingerprint density at radius 3 is 1.06 bits per heavy atom. The first kappa shape index (κ1) is 52.6. The third kappa shape index (κ3) is 8.33. The number of aromatic nitrogens is 8. The average Bonchev–Trinajstić information content (AvgIpc) is 1.60. The maximum Gasteiger partial charge on any atom is 0.238 e. The van der Waals surface area contributed by atoms with Gasteiger partial charge in [-0.3, -0.25) is 9.13 Å². The van der Waals surface area contributed by atoms with Gasteiger partial charge in [-0.05, 0) is 115 Å². The Labute approximate surface area is 522 Å². The lowest BCUT2D eigenvalue weighted by Gasteiger charge is -2.23. The van der Waals surface area contributed by atoms with Gasteiger partial charge in [0.05, 0.1) is 22.1 Å². The molecule has 0 atom stereocenters. The lowest BCUT2D eigenvalue weighted by molar-refractivity contribution is 0.666. The van der Waals surface area contributed by atoms with E-state index < -0.39 is 0 Å². The van der Waals surface area contributed by atoms with E-state index in [0.717, 1.165) is 54.2 Å². The molecule has 0 saturated heterocycles. The van der Waals surface area contributed by atoms with Crippen molar-refractivity contribution in [2.75, 3.05) is 0 Å². The standard InChI is InChI=1S/C40H27BrN4.C40H28N4/c1-40(2)33-23-35-32(22-30(33)29-19-17-24-11-9-10-16-28(24)36(29)40)31-21-27(41)18-20-34(31)45(35)39-43-37(25-12-5-3-6-13-25)42-38(44-39)26-14-7-4-8-15-26;1-40(2)33-24-35-32(23-31(33)30-22-21-25-13-9-10-18-28(25)36(30)40)29-19-11-12-20-34(29)44(35)39-42-37(26-14-5-3-6-15-26)41-38(43-39)27-16-7-4-8-17-27/h3-23H,1-2H3;3-24H,1-2H3. The molecule has 0 unspecified atom stereocenters. The van der Waals surface area contributed by atoms with E-state index in [-0.39, 0.29) is 10.8 Å². The predicted molar refractivity (Wildman–Crippen MR) is 368 cm³/mol. The van der Waals surface area contributed by atoms with Gasteiger partial charge >= 0.3 is 0 Å². The first-order chi connectivity index (χ1) is 43.5. The van der Waals surface area contributed by atoms with Crippen molar-refractivity contribution in [3.05, 3.63) is 288 Å². The SMILES string of the molecule is CC1(C)c2cc3c(cc2-c2ccc4ccccc4c21)c1cc(Br)ccc1n3-c1nc(-c2ccccc2)nc(-c2ccccc2)n1.CC1(C)c2cc3c(cc2-c2ccc4ccccc4c21)c1ccccc1n3-c1nc(-c2ccccc2)nc(-c2ccccc2)n1. The van der Waals surface area contributed by atoms with Crippen LogP contribution in [0, 0.1) is 0 Å². The van der Waals surface area contributed by atoms with Crippen LogP contribution < -0.4 is 0 Å². The topological polar surface area (TPSA) is 87.2 Å². The lowest BCUT2D eigenvalue weighted by atomic mass is 9.80. The zero-order valence-corrected chi connectivity index (χ0v) is 50.9. The largest absolute Gasteiger partial charge is 0.278 e. The van der Waals surface area contributed by atoms with Crippen molar-refractivity contribution in [1.82, 2.24) is 39.0 Å². The molecule has 0 N–H and O–H groups in total. The summed E-state index contributed by atoms with van der Waals surface area (Å²) in [4.78, 5) is 30.4. The van der Waals surface area contributed by atoms with Crippen LogP contribution in [0.1, 0.15) is 49.9 Å². The van der Waals surface area contributed by atoms with Crippen LogP contribution in [0.15, 0.2) is 265 Å². The average molecular weight is 1210 g/mol. The van der Waals surface area contributed by atoms with Gasteiger partial charge in [0.25, 0.3) is 0 Å². The molecule has 0 amide bonds. The van der Waals surface area contributed by atoms with Crippen LogP contribution in [0.2, 0.25) is 0 Å². The minimum Gasteiger partial charge on any atom is -0.278 e. The number of benzene rings is 12. The van der Waals surface area contributed by atoms with Crippen molar-refractivity contribution >= 4 is 81.1 Å². The van der Waals surface area contributed by atoms with Crippen molar-refractivity contribution < 1.29 is 0 Å². The van der Waals surface area contributed by atoms with E-state index in [1.807, 2.05) is 97.1 Å². The van der Waals surface area contributed by atoms with Crippen LogP contribution in [-0.2, 0) is 10.8 Å². The molecule has 18 rings (SSSR count). The van der Waals surface area contributed by atoms with Gasteiger partial charge in [0.2, 0.25) is 11.9 Å². The molecule has 0 aliphatic heterocycles. The van der Waals surface area contributed by atoms with Gasteiger partial charge in [-0.1, -0.05) is 256 Å². The summed E-state index contributed by atoms with van der Waals surface area (Å²) in [5.74, 6) is 3.81. The van der Waals surface area contributed by atoms with E-state index in [9.17, 15) is 0 Å². The van der Waals surface area contributed by atoms with E-state index in [1.165, 1.54) is 82.2 Å². The maximum absolute atomic E-state index is 5.13. The second-order valence-electron chi connectivity index (χ2n) is 24.4. The van der Waals surface area contributed by atoms with Crippen LogP contribution in [0.5, 0.6) is 0 Å². The highest BCUT2D eigenvalue weighted by Gasteiger charge is 2.40. The molecule has 4 heterocycles. The molecule has 0 spiro atoms. The van der Waals surface area contributed by atoms with E-state index >= 15 is 0 Å². The summed E-state index contributed by atoms with van der Waals surface area (Å²) in [5, 5.41) is 9.88. The predicted octanol–water partition coefficient (Wildman–Crippen LogP) is 20.3. The van der Waals surface area contributed by atoms with Crippen molar-refractivity contribution in [2.45, 2.75) is 38.5 Å². The third-order valence-corrected chi connectivity index (χ3v) is 19.0. The van der Waals surface area contributed by atoms with Crippen LogP contribution in [0.25, 0.3) is 145 Å². The number of fused-ring (bicyclic) bond motifs is 16. The number of hydrogen-bond donors (Lipinski definition) is 0. The molecule has 0 bridgehead atoms. The Hall–Kier alpha value is -10.7. The van der Waals surface area contributed by atoms with Crippen molar-refractivity contribution in [2.24, 2.45) is 0 Å². The Kier molecular flexibility index (Phi) is 11.9. The minimum atomic E-state index is -0.189. The Morgan fingerprint density at radius 1 is 0.281 bits per heavy atom. The van der Waals surface area contributed by atoms with Gasteiger partial charge in [0.15, 0.2) is 23.3 Å². The molecule has 2 aliphatic rings. The fourth-order valence-corrected chi connectivity index (χ4v) is 14.7. The molecule has 89 heavy (non-hydrogen) atoms. The molecule has 16 aromatic rings. The van der Waals surface area contributed by atoms with E-state index in [4.69, 9.17) is 29.9 Å². The maximum atomic E-state index is 5.13. The van der Waals surface area contributed by atoms with Gasteiger partial charge in [-0.2, -0.15) is 19.9 Å². The smallest absolute Gasteiger partial charge is 0.238 e. The molecule has 2 aliphatic carbocycles. The highest BCUT2D eigenvalue weighted by Crippen LogP contribution is 2.55. The molecule has 0 fully saturated rings. The normalized spacial score (nSPS) is 13.4. The Bertz CT molecular complexity index is 5440. The second kappa shape index (κ2) is 20.2. The number of hydrogen-bond acceptors (Lipinski definition) is 6. The minimum absolute atomic E-state index is 0.176. The lowest BCUT2D eigenvalue weighted by Crippen LogP contribution is -2.15. The molecule has 422 valence electrons. The summed E-state index contributed by atoms with van der Waals surface area (Å²) >= 11 is 3.75. The van der Waals surface area contributed by atoms with E-state index in [1.54, 1.807) is 0 Å². The summed E-state index contributed by atoms with van der Waals surface area (Å²) in [7, 11) is 0. The summed E-state index contributed by atoms with van der Waals surface area (Å²) in [6.07, 6.45) is 0. The van der Waals surface area contributed by atoms with Gasteiger partial charge < -0.3 is 0 Å². The zero-order chi connectivity index (χ0) is 59.7. The molecule has 9 heteroatoms.